The summed E-state index contributed by atoms with van der Waals surface area (Å²) in [5.74, 6) is -0.940. The van der Waals surface area contributed by atoms with Crippen LogP contribution in [0.25, 0.3) is 10.9 Å². The van der Waals surface area contributed by atoms with Crippen LogP contribution in [-0.2, 0) is 9.84 Å². The number of hydrogen-bond donors (Lipinski definition) is 2. The molecular formula is C25H28FN5O5S. The fourth-order valence-corrected chi connectivity index (χ4v) is 5.31. The number of carbonyl (C=O) groups is 1. The molecule has 1 atom stereocenters. The smallest absolute Gasteiger partial charge is 0.275 e. The standard InChI is InChI=1S/C25H28FN5O5S/c1-15-14-36-24-21-18(12-20(26)22(24)30-10-8-29(2)9-11-30)23(32)19(13-31(15)21)25(33)28-27-16-4-6-17(7-5-16)37(3,34)35/h4-7,12-13,15,27H,8-11,14H2,1-3H3,(H,28,33)/t15-/m0/s1. The van der Waals surface area contributed by atoms with Gasteiger partial charge >= 0.3 is 0 Å². The number of amides is 1. The Hall–Kier alpha value is -3.64. The van der Waals surface area contributed by atoms with Crippen molar-refractivity contribution in [2.75, 3.05) is 56.4 Å². The Morgan fingerprint density at radius 3 is 2.46 bits per heavy atom. The molecule has 2 aromatic carbocycles. The molecule has 0 radical (unpaired) electrons. The Morgan fingerprint density at radius 2 is 1.81 bits per heavy atom. The zero-order chi connectivity index (χ0) is 26.5. The van der Waals surface area contributed by atoms with E-state index in [0.717, 1.165) is 19.3 Å². The first-order chi connectivity index (χ1) is 17.5. The van der Waals surface area contributed by atoms with E-state index in [-0.39, 0.29) is 28.5 Å². The van der Waals surface area contributed by atoms with Crippen molar-refractivity contribution in [2.24, 2.45) is 0 Å². The number of sulfone groups is 1. The molecule has 10 nitrogen and oxygen atoms in total. The summed E-state index contributed by atoms with van der Waals surface area (Å²) in [7, 11) is -1.34. The van der Waals surface area contributed by atoms with E-state index in [1.54, 1.807) is 4.57 Å². The minimum atomic E-state index is -3.35. The third kappa shape index (κ3) is 4.62. The number of pyridine rings is 1. The average molecular weight is 530 g/mol. The van der Waals surface area contributed by atoms with Crippen molar-refractivity contribution in [2.45, 2.75) is 17.9 Å². The minimum absolute atomic E-state index is 0.0714. The van der Waals surface area contributed by atoms with Gasteiger partial charge in [-0.25, -0.2) is 12.8 Å². The number of halogens is 1. The molecule has 1 aromatic heterocycles. The number of ether oxygens (including phenoxy) is 1. The maximum atomic E-state index is 15.5. The Bertz CT molecular complexity index is 1550. The van der Waals surface area contributed by atoms with Crippen molar-refractivity contribution in [1.82, 2.24) is 14.9 Å². The van der Waals surface area contributed by atoms with E-state index in [2.05, 4.69) is 15.8 Å². The number of benzene rings is 2. The fourth-order valence-electron chi connectivity index (χ4n) is 4.68. The first-order valence-electron chi connectivity index (χ1n) is 11.9. The molecule has 0 unspecified atom stereocenters. The lowest BCUT2D eigenvalue weighted by molar-refractivity contribution is 0.0960. The van der Waals surface area contributed by atoms with Gasteiger partial charge in [0.05, 0.1) is 27.5 Å². The average Bonchev–Trinajstić information content (AvgIpc) is 2.86. The second kappa shape index (κ2) is 9.34. The molecule has 196 valence electrons. The molecule has 3 aromatic rings. The second-order valence-electron chi connectivity index (χ2n) is 9.54. The highest BCUT2D eigenvalue weighted by Gasteiger charge is 2.31. The molecule has 0 spiro atoms. The lowest BCUT2D eigenvalue weighted by Crippen LogP contribution is -2.45. The van der Waals surface area contributed by atoms with Crippen LogP contribution in [0.2, 0.25) is 0 Å². The summed E-state index contributed by atoms with van der Waals surface area (Å²) in [6, 6.07) is 6.81. The number of aromatic nitrogens is 1. The summed E-state index contributed by atoms with van der Waals surface area (Å²) in [5.41, 5.74) is 5.63. The highest BCUT2D eigenvalue weighted by atomic mass is 32.2. The van der Waals surface area contributed by atoms with Crippen molar-refractivity contribution in [1.29, 1.82) is 0 Å². The van der Waals surface area contributed by atoms with Gasteiger partial charge in [-0.2, -0.15) is 0 Å². The van der Waals surface area contributed by atoms with Crippen molar-refractivity contribution in [3.63, 3.8) is 0 Å². The van der Waals surface area contributed by atoms with Crippen molar-refractivity contribution in [3.8, 4) is 5.75 Å². The molecule has 0 aliphatic carbocycles. The summed E-state index contributed by atoms with van der Waals surface area (Å²) >= 11 is 0. The van der Waals surface area contributed by atoms with E-state index in [4.69, 9.17) is 4.74 Å². The number of likely N-dealkylation sites (N-methyl/N-ethyl adjacent to an activating group) is 1. The highest BCUT2D eigenvalue weighted by molar-refractivity contribution is 7.90. The van der Waals surface area contributed by atoms with E-state index in [1.165, 1.54) is 36.5 Å². The van der Waals surface area contributed by atoms with Crippen LogP contribution in [0.1, 0.15) is 23.3 Å². The molecule has 3 heterocycles. The molecule has 1 amide bonds. The van der Waals surface area contributed by atoms with Gasteiger partial charge in [-0.15, -0.1) is 0 Å². The molecule has 2 N–H and O–H groups in total. The van der Waals surface area contributed by atoms with Gasteiger partial charge in [0.1, 0.15) is 17.9 Å². The fraction of sp³-hybridized carbons (Fsp3) is 0.360. The zero-order valence-electron chi connectivity index (χ0n) is 20.7. The molecular weight excluding hydrogens is 501 g/mol. The van der Waals surface area contributed by atoms with E-state index >= 15 is 4.39 Å². The lowest BCUT2D eigenvalue weighted by Gasteiger charge is -2.37. The second-order valence-corrected chi connectivity index (χ2v) is 11.6. The number of hydrogen-bond acceptors (Lipinski definition) is 8. The van der Waals surface area contributed by atoms with Gasteiger partial charge in [0, 0.05) is 38.6 Å². The Labute approximate surface area is 213 Å². The van der Waals surface area contributed by atoms with Gasteiger partial charge in [-0.05, 0) is 44.3 Å². The number of anilines is 2. The number of carbonyl (C=O) groups excluding carboxylic acids is 1. The van der Waals surface area contributed by atoms with Gasteiger partial charge in [-0.1, -0.05) is 0 Å². The number of nitrogens with one attached hydrogen (secondary N) is 2. The predicted molar refractivity (Wildman–Crippen MR) is 139 cm³/mol. The topological polar surface area (TPSA) is 113 Å². The van der Waals surface area contributed by atoms with Crippen molar-refractivity contribution in [3.05, 3.63) is 58.1 Å². The number of piperazine rings is 1. The van der Waals surface area contributed by atoms with Gasteiger partial charge < -0.3 is 19.1 Å². The van der Waals surface area contributed by atoms with Crippen LogP contribution in [0.3, 0.4) is 0 Å². The van der Waals surface area contributed by atoms with E-state index in [1.807, 2.05) is 18.9 Å². The number of hydrazine groups is 1. The lowest BCUT2D eigenvalue weighted by atomic mass is 10.0. The summed E-state index contributed by atoms with van der Waals surface area (Å²) in [6.45, 7) is 4.99. The zero-order valence-corrected chi connectivity index (χ0v) is 21.6. The van der Waals surface area contributed by atoms with Crippen molar-refractivity contribution < 1.29 is 22.3 Å². The molecule has 0 bridgehead atoms. The molecule has 5 rings (SSSR count). The normalized spacial score (nSPS) is 17.9. The summed E-state index contributed by atoms with van der Waals surface area (Å²) in [6.07, 6.45) is 2.59. The monoisotopic (exact) mass is 529 g/mol. The van der Waals surface area contributed by atoms with Crippen LogP contribution in [-0.4, -0.2) is 69.9 Å². The van der Waals surface area contributed by atoms with Crippen LogP contribution in [0.4, 0.5) is 15.8 Å². The number of rotatable bonds is 5. The van der Waals surface area contributed by atoms with Crippen molar-refractivity contribution >= 4 is 38.0 Å². The van der Waals surface area contributed by atoms with Crippen LogP contribution in [0, 0.1) is 5.82 Å². The first kappa shape index (κ1) is 25.0. The molecule has 2 aliphatic heterocycles. The van der Waals surface area contributed by atoms with Gasteiger partial charge in [0.15, 0.2) is 21.4 Å². The van der Waals surface area contributed by atoms with E-state index in [0.29, 0.717) is 35.7 Å². The third-order valence-electron chi connectivity index (χ3n) is 6.81. The molecule has 1 fully saturated rings. The van der Waals surface area contributed by atoms with Gasteiger partial charge in [0.2, 0.25) is 5.43 Å². The van der Waals surface area contributed by atoms with Crippen LogP contribution in [0.15, 0.2) is 46.2 Å². The largest absolute Gasteiger partial charge is 0.487 e. The van der Waals surface area contributed by atoms with Gasteiger partial charge in [0.25, 0.3) is 5.91 Å². The molecule has 1 saturated heterocycles. The Kier molecular flexibility index (Phi) is 6.32. The predicted octanol–water partition coefficient (Wildman–Crippen LogP) is 2.01. The molecule has 12 heteroatoms. The summed E-state index contributed by atoms with van der Waals surface area (Å²) in [4.78, 5) is 30.6. The highest BCUT2D eigenvalue weighted by Crippen LogP contribution is 2.42. The maximum absolute atomic E-state index is 15.5. The number of nitrogens with zero attached hydrogens (tertiary/aromatic N) is 3. The molecule has 0 saturated carbocycles. The summed E-state index contributed by atoms with van der Waals surface area (Å²) in [5, 5.41) is 0.0714. The first-order valence-corrected chi connectivity index (χ1v) is 13.8. The van der Waals surface area contributed by atoms with Crippen LogP contribution in [0.5, 0.6) is 5.75 Å². The quantitative estimate of drug-likeness (QED) is 0.483. The van der Waals surface area contributed by atoms with Crippen LogP contribution >= 0.6 is 0 Å². The minimum Gasteiger partial charge on any atom is -0.487 e. The third-order valence-corrected chi connectivity index (χ3v) is 7.94. The molecule has 2 aliphatic rings. The summed E-state index contributed by atoms with van der Waals surface area (Å²) < 4.78 is 46.5. The maximum Gasteiger partial charge on any atom is 0.275 e. The van der Waals surface area contributed by atoms with E-state index < -0.39 is 27.0 Å². The molecule has 37 heavy (non-hydrogen) atoms. The van der Waals surface area contributed by atoms with Gasteiger partial charge in [-0.3, -0.25) is 20.4 Å². The van der Waals surface area contributed by atoms with Crippen LogP contribution < -0.4 is 25.9 Å². The SMILES string of the molecule is C[C@H]1COc2c(N3CCN(C)CC3)c(F)cc3c(=O)c(C(=O)NNc4ccc(S(C)(=O)=O)cc4)cn1c23. The van der Waals surface area contributed by atoms with E-state index in [9.17, 15) is 18.0 Å². The Morgan fingerprint density at radius 1 is 1.14 bits per heavy atom. The Balaban J connectivity index is 1.49.